The molecule has 1 aromatic rings. The maximum absolute atomic E-state index is 8.44. The SMILES string of the molecule is CC(C)(C)[Si](C)(C)O/C=C\C(CCN=[N+]=[N-])c1ccccc1. The zero-order valence-electron chi connectivity index (χ0n) is 14.3. The number of rotatable bonds is 7. The van der Waals surface area contributed by atoms with Crippen molar-refractivity contribution in [3.63, 3.8) is 0 Å². The van der Waals surface area contributed by atoms with E-state index in [1.807, 2.05) is 24.5 Å². The second-order valence-electron chi connectivity index (χ2n) is 6.97. The van der Waals surface area contributed by atoms with Crippen molar-refractivity contribution in [2.45, 2.75) is 51.2 Å². The third-order valence-corrected chi connectivity index (χ3v) is 8.65. The van der Waals surface area contributed by atoms with Crippen LogP contribution in [0.2, 0.25) is 18.1 Å². The highest BCUT2D eigenvalue weighted by atomic mass is 28.4. The Kier molecular flexibility index (Phi) is 6.72. The highest BCUT2D eigenvalue weighted by Gasteiger charge is 2.37. The first-order valence-electron chi connectivity index (χ1n) is 7.68. The van der Waals surface area contributed by atoms with Crippen LogP contribution in [0.15, 0.2) is 47.8 Å². The second-order valence-corrected chi connectivity index (χ2v) is 11.7. The maximum atomic E-state index is 8.44. The Morgan fingerprint density at radius 1 is 1.27 bits per heavy atom. The summed E-state index contributed by atoms with van der Waals surface area (Å²) in [4.78, 5) is 2.83. The molecule has 5 heteroatoms. The predicted molar refractivity (Wildman–Crippen MR) is 95.2 cm³/mol. The molecule has 0 bridgehead atoms. The van der Waals surface area contributed by atoms with Gasteiger partial charge in [-0.15, -0.1) is 0 Å². The molecule has 0 N–H and O–H groups in total. The topological polar surface area (TPSA) is 58.0 Å². The summed E-state index contributed by atoms with van der Waals surface area (Å²) < 4.78 is 6.11. The molecule has 1 atom stereocenters. The van der Waals surface area contributed by atoms with Gasteiger partial charge in [-0.25, -0.2) is 0 Å². The van der Waals surface area contributed by atoms with Crippen molar-refractivity contribution in [1.29, 1.82) is 0 Å². The lowest BCUT2D eigenvalue weighted by Gasteiger charge is -2.35. The summed E-state index contributed by atoms with van der Waals surface area (Å²) in [6.45, 7) is 11.6. The zero-order chi connectivity index (χ0) is 16.6. The van der Waals surface area contributed by atoms with Gasteiger partial charge in [-0.1, -0.05) is 56.2 Å². The van der Waals surface area contributed by atoms with Crippen molar-refractivity contribution in [2.75, 3.05) is 6.54 Å². The van der Waals surface area contributed by atoms with Crippen LogP contribution in [0.25, 0.3) is 10.4 Å². The Balaban J connectivity index is 2.80. The van der Waals surface area contributed by atoms with E-state index in [4.69, 9.17) is 9.96 Å². The van der Waals surface area contributed by atoms with Crippen LogP contribution in [-0.4, -0.2) is 14.9 Å². The van der Waals surface area contributed by atoms with Crippen LogP contribution in [0.3, 0.4) is 0 Å². The lowest BCUT2D eigenvalue weighted by atomic mass is 9.96. The molecule has 0 aliphatic rings. The smallest absolute Gasteiger partial charge is 0.249 e. The number of hydrogen-bond acceptors (Lipinski definition) is 2. The van der Waals surface area contributed by atoms with Gasteiger partial charge in [-0.3, -0.25) is 0 Å². The van der Waals surface area contributed by atoms with E-state index in [0.717, 1.165) is 6.42 Å². The highest BCUT2D eigenvalue weighted by Crippen LogP contribution is 2.36. The molecular weight excluding hydrogens is 290 g/mol. The molecule has 0 fully saturated rings. The van der Waals surface area contributed by atoms with Gasteiger partial charge in [-0.2, -0.15) is 0 Å². The van der Waals surface area contributed by atoms with Crippen LogP contribution in [0.4, 0.5) is 0 Å². The number of azide groups is 1. The molecular formula is C17H27N3OSi. The summed E-state index contributed by atoms with van der Waals surface area (Å²) in [7, 11) is -1.78. The third kappa shape index (κ3) is 5.58. The van der Waals surface area contributed by atoms with Gasteiger partial charge in [0.2, 0.25) is 8.32 Å². The summed E-state index contributed by atoms with van der Waals surface area (Å²) in [6.07, 6.45) is 4.72. The van der Waals surface area contributed by atoms with Crippen LogP contribution in [0, 0.1) is 0 Å². The van der Waals surface area contributed by atoms with Crippen molar-refractivity contribution >= 4 is 8.32 Å². The van der Waals surface area contributed by atoms with Gasteiger partial charge in [-0.05, 0) is 41.7 Å². The fourth-order valence-electron chi connectivity index (χ4n) is 1.80. The summed E-state index contributed by atoms with van der Waals surface area (Å²) in [6, 6.07) is 10.2. The average Bonchev–Trinajstić information content (AvgIpc) is 2.45. The largest absolute Gasteiger partial charge is 0.549 e. The first-order chi connectivity index (χ1) is 10.3. The molecule has 120 valence electrons. The molecule has 22 heavy (non-hydrogen) atoms. The molecule has 0 aromatic heterocycles. The second kappa shape index (κ2) is 8.06. The minimum absolute atomic E-state index is 0.185. The van der Waals surface area contributed by atoms with Gasteiger partial charge in [0.25, 0.3) is 0 Å². The van der Waals surface area contributed by atoms with E-state index in [9.17, 15) is 0 Å². The van der Waals surface area contributed by atoms with E-state index in [0.29, 0.717) is 6.54 Å². The standard InChI is InChI=1S/C17H27N3OSi/c1-17(2,3)22(4,5)21-14-12-16(11-13-19-20-18)15-9-7-6-8-10-15/h6-10,12,14,16H,11,13H2,1-5H3/b14-12-. The lowest BCUT2D eigenvalue weighted by molar-refractivity contribution is 0.426. The lowest BCUT2D eigenvalue weighted by Crippen LogP contribution is -2.39. The molecule has 0 aliphatic heterocycles. The minimum atomic E-state index is -1.78. The van der Waals surface area contributed by atoms with Crippen molar-refractivity contribution in [3.05, 3.63) is 58.7 Å². The molecule has 0 saturated carbocycles. The van der Waals surface area contributed by atoms with Crippen LogP contribution < -0.4 is 0 Å². The molecule has 0 saturated heterocycles. The number of benzene rings is 1. The van der Waals surface area contributed by atoms with Crippen molar-refractivity contribution in [1.82, 2.24) is 0 Å². The Morgan fingerprint density at radius 2 is 1.91 bits per heavy atom. The van der Waals surface area contributed by atoms with Gasteiger partial charge in [0, 0.05) is 17.4 Å². The Labute approximate surface area is 135 Å². The quantitative estimate of drug-likeness (QED) is 0.200. The summed E-state index contributed by atoms with van der Waals surface area (Å²) in [5.41, 5.74) is 9.66. The monoisotopic (exact) mass is 317 g/mol. The molecule has 0 aliphatic carbocycles. The Hall–Kier alpha value is -1.71. The fraction of sp³-hybridized carbons (Fsp3) is 0.529. The average molecular weight is 318 g/mol. The van der Waals surface area contributed by atoms with Gasteiger partial charge in [0.1, 0.15) is 0 Å². The van der Waals surface area contributed by atoms with Gasteiger partial charge in [0.15, 0.2) is 0 Å². The maximum Gasteiger partial charge on any atom is 0.249 e. The van der Waals surface area contributed by atoms with Crippen molar-refractivity contribution in [2.24, 2.45) is 5.11 Å². The highest BCUT2D eigenvalue weighted by molar-refractivity contribution is 6.74. The first-order valence-corrected chi connectivity index (χ1v) is 10.6. The van der Waals surface area contributed by atoms with E-state index >= 15 is 0 Å². The molecule has 1 unspecified atom stereocenters. The molecule has 0 amide bonds. The normalized spacial score (nSPS) is 13.7. The summed E-state index contributed by atoms with van der Waals surface area (Å²) >= 11 is 0. The summed E-state index contributed by atoms with van der Waals surface area (Å²) in [5.74, 6) is 0.205. The van der Waals surface area contributed by atoms with E-state index in [1.165, 1.54) is 5.56 Å². The number of allylic oxidation sites excluding steroid dienone is 1. The number of hydrogen-bond donors (Lipinski definition) is 0. The molecule has 4 nitrogen and oxygen atoms in total. The van der Waals surface area contributed by atoms with Gasteiger partial charge in [0.05, 0.1) is 6.26 Å². The van der Waals surface area contributed by atoms with Crippen LogP contribution in [0.5, 0.6) is 0 Å². The Morgan fingerprint density at radius 3 is 2.45 bits per heavy atom. The molecule has 1 rings (SSSR count). The predicted octanol–water partition coefficient (Wildman–Crippen LogP) is 6.01. The fourth-order valence-corrected chi connectivity index (χ4v) is 2.57. The number of nitrogens with zero attached hydrogens (tertiary/aromatic N) is 3. The van der Waals surface area contributed by atoms with Crippen LogP contribution in [0.1, 0.15) is 38.7 Å². The van der Waals surface area contributed by atoms with Gasteiger partial charge >= 0.3 is 0 Å². The Bertz CT molecular complexity index is 529. The van der Waals surface area contributed by atoms with E-state index < -0.39 is 8.32 Å². The van der Waals surface area contributed by atoms with Crippen molar-refractivity contribution < 1.29 is 4.43 Å². The van der Waals surface area contributed by atoms with E-state index in [1.54, 1.807) is 0 Å². The van der Waals surface area contributed by atoms with E-state index in [2.05, 4.69) is 62.1 Å². The summed E-state index contributed by atoms with van der Waals surface area (Å²) in [5, 5.41) is 3.83. The first kappa shape index (κ1) is 18.3. The van der Waals surface area contributed by atoms with E-state index in [-0.39, 0.29) is 11.0 Å². The molecule has 0 spiro atoms. The minimum Gasteiger partial charge on any atom is -0.549 e. The van der Waals surface area contributed by atoms with Crippen molar-refractivity contribution in [3.8, 4) is 0 Å². The molecule has 0 radical (unpaired) electrons. The van der Waals surface area contributed by atoms with Crippen LogP contribution >= 0.6 is 0 Å². The molecule has 0 heterocycles. The van der Waals surface area contributed by atoms with Crippen LogP contribution in [-0.2, 0) is 4.43 Å². The third-order valence-electron chi connectivity index (χ3n) is 4.31. The molecule has 1 aromatic carbocycles. The zero-order valence-corrected chi connectivity index (χ0v) is 15.3. The van der Waals surface area contributed by atoms with Gasteiger partial charge < -0.3 is 4.43 Å².